The summed E-state index contributed by atoms with van der Waals surface area (Å²) >= 11 is 0. The number of carbonyl (C=O) groups excluding carboxylic acids is 1. The maximum atomic E-state index is 13.5. The molecule has 1 amide bonds. The molecule has 0 spiro atoms. The summed E-state index contributed by atoms with van der Waals surface area (Å²) < 4.78 is 1.91. The number of hydrogen-bond acceptors (Lipinski definition) is 3. The van der Waals surface area contributed by atoms with Gasteiger partial charge in [-0.05, 0) is 37.8 Å². The highest BCUT2D eigenvalue weighted by atomic mass is 16.3. The highest BCUT2D eigenvalue weighted by Gasteiger charge is 2.32. The van der Waals surface area contributed by atoms with Gasteiger partial charge in [-0.2, -0.15) is 0 Å². The zero-order valence-electron chi connectivity index (χ0n) is 16.1. The Morgan fingerprint density at radius 2 is 1.59 bits per heavy atom. The van der Waals surface area contributed by atoms with Crippen molar-refractivity contribution in [2.75, 3.05) is 0 Å². The van der Waals surface area contributed by atoms with E-state index >= 15 is 0 Å². The van der Waals surface area contributed by atoms with Crippen molar-refractivity contribution in [2.24, 2.45) is 0 Å². The summed E-state index contributed by atoms with van der Waals surface area (Å²) in [5.74, 6) is 0.781. The number of benzene rings is 1. The third-order valence-electron chi connectivity index (χ3n) is 6.39. The van der Waals surface area contributed by atoms with Crippen molar-refractivity contribution in [2.45, 2.75) is 89.4 Å². The number of imidazole rings is 1. The van der Waals surface area contributed by atoms with E-state index in [2.05, 4.69) is 9.88 Å². The van der Waals surface area contributed by atoms with Crippen LogP contribution in [0.1, 0.15) is 70.0 Å². The summed E-state index contributed by atoms with van der Waals surface area (Å²) in [5, 5.41) is 9.76. The summed E-state index contributed by atoms with van der Waals surface area (Å²) in [4.78, 5) is 20.3. The smallest absolute Gasteiger partial charge is 0.243 e. The van der Waals surface area contributed by atoms with E-state index < -0.39 is 0 Å². The lowest BCUT2D eigenvalue weighted by Crippen LogP contribution is -2.50. The molecule has 4 rings (SSSR count). The fourth-order valence-electron chi connectivity index (χ4n) is 5.06. The lowest BCUT2D eigenvalue weighted by Gasteiger charge is -2.42. The van der Waals surface area contributed by atoms with Gasteiger partial charge in [-0.1, -0.05) is 50.7 Å². The first-order chi connectivity index (χ1) is 13.3. The van der Waals surface area contributed by atoms with Gasteiger partial charge in [0.25, 0.3) is 0 Å². The van der Waals surface area contributed by atoms with Gasteiger partial charge in [-0.15, -0.1) is 0 Å². The Labute approximate surface area is 161 Å². The van der Waals surface area contributed by atoms with Crippen molar-refractivity contribution < 1.29 is 9.90 Å². The molecule has 0 bridgehead atoms. The minimum absolute atomic E-state index is 0.144. The van der Waals surface area contributed by atoms with Crippen LogP contribution in [0.15, 0.2) is 24.3 Å². The monoisotopic (exact) mass is 369 g/mol. The number of nitrogens with zero attached hydrogens (tertiary/aromatic N) is 3. The molecule has 0 atom stereocenters. The van der Waals surface area contributed by atoms with E-state index in [0.29, 0.717) is 17.9 Å². The van der Waals surface area contributed by atoms with Crippen molar-refractivity contribution in [3.05, 3.63) is 30.1 Å². The molecule has 0 unspecified atom stereocenters. The number of fused-ring (bicyclic) bond motifs is 1. The van der Waals surface area contributed by atoms with Gasteiger partial charge in [-0.25, -0.2) is 4.98 Å². The summed E-state index contributed by atoms with van der Waals surface area (Å²) in [6.07, 6.45) is 12.1. The molecule has 0 saturated heterocycles. The predicted molar refractivity (Wildman–Crippen MR) is 106 cm³/mol. The average molecular weight is 370 g/mol. The number of carbonyl (C=O) groups is 1. The molecular formula is C22H31N3O2. The predicted octanol–water partition coefficient (Wildman–Crippen LogP) is 4.02. The molecule has 1 aromatic heterocycles. The number of rotatable bonds is 5. The zero-order valence-corrected chi connectivity index (χ0v) is 16.1. The SMILES string of the molecule is O=C(Cn1c(CO)nc2ccccc21)N(C1CCCCC1)C1CCCCC1. The second-order valence-corrected chi connectivity index (χ2v) is 8.15. The van der Waals surface area contributed by atoms with E-state index in [4.69, 9.17) is 0 Å². The maximum absolute atomic E-state index is 13.5. The van der Waals surface area contributed by atoms with Crippen LogP contribution in [0.3, 0.4) is 0 Å². The Kier molecular flexibility index (Phi) is 5.77. The first-order valence-electron chi connectivity index (χ1n) is 10.6. The number of aromatic nitrogens is 2. The Bertz CT molecular complexity index is 755. The second kappa shape index (κ2) is 8.42. The molecule has 0 radical (unpaired) electrons. The summed E-state index contributed by atoms with van der Waals surface area (Å²) in [7, 11) is 0. The number of aliphatic hydroxyl groups excluding tert-OH is 1. The third-order valence-corrected chi connectivity index (χ3v) is 6.39. The molecule has 2 fully saturated rings. The van der Waals surface area contributed by atoms with E-state index in [1.165, 1.54) is 38.5 Å². The molecule has 2 aliphatic rings. The van der Waals surface area contributed by atoms with Crippen molar-refractivity contribution in [1.82, 2.24) is 14.5 Å². The zero-order chi connectivity index (χ0) is 18.6. The molecule has 146 valence electrons. The highest BCUT2D eigenvalue weighted by molar-refractivity contribution is 5.81. The molecule has 5 nitrogen and oxygen atoms in total. The molecule has 27 heavy (non-hydrogen) atoms. The van der Waals surface area contributed by atoms with Crippen LogP contribution in [-0.2, 0) is 17.9 Å². The van der Waals surface area contributed by atoms with Gasteiger partial charge in [0.05, 0.1) is 11.0 Å². The van der Waals surface area contributed by atoms with Crippen LogP contribution in [0.25, 0.3) is 11.0 Å². The fourth-order valence-corrected chi connectivity index (χ4v) is 5.06. The van der Waals surface area contributed by atoms with Crippen LogP contribution < -0.4 is 0 Å². The molecule has 0 aliphatic heterocycles. The van der Waals surface area contributed by atoms with E-state index in [0.717, 1.165) is 36.7 Å². The van der Waals surface area contributed by atoms with Crippen LogP contribution in [0, 0.1) is 0 Å². The molecule has 1 heterocycles. The average Bonchev–Trinajstić information content (AvgIpc) is 3.07. The van der Waals surface area contributed by atoms with Gasteiger partial charge >= 0.3 is 0 Å². The maximum Gasteiger partial charge on any atom is 0.243 e. The normalized spacial score (nSPS) is 19.4. The third kappa shape index (κ3) is 3.88. The topological polar surface area (TPSA) is 58.4 Å². The van der Waals surface area contributed by atoms with Crippen molar-refractivity contribution in [1.29, 1.82) is 0 Å². The van der Waals surface area contributed by atoms with Gasteiger partial charge in [0.1, 0.15) is 19.0 Å². The Balaban J connectivity index is 1.61. The van der Waals surface area contributed by atoms with Crippen LogP contribution >= 0.6 is 0 Å². The van der Waals surface area contributed by atoms with Gasteiger partial charge in [-0.3, -0.25) is 4.79 Å². The van der Waals surface area contributed by atoms with Crippen molar-refractivity contribution >= 4 is 16.9 Å². The lowest BCUT2D eigenvalue weighted by molar-refractivity contribution is -0.138. The Hall–Kier alpha value is -1.88. The Morgan fingerprint density at radius 3 is 2.19 bits per heavy atom. The first kappa shape index (κ1) is 18.5. The van der Waals surface area contributed by atoms with Gasteiger partial charge in [0, 0.05) is 12.1 Å². The van der Waals surface area contributed by atoms with Gasteiger partial charge in [0.2, 0.25) is 5.91 Å². The molecule has 1 aromatic carbocycles. The lowest BCUT2D eigenvalue weighted by atomic mass is 9.88. The van der Waals surface area contributed by atoms with Crippen LogP contribution in [0.2, 0.25) is 0 Å². The van der Waals surface area contributed by atoms with Crippen molar-refractivity contribution in [3.63, 3.8) is 0 Å². The van der Waals surface area contributed by atoms with E-state index in [1.807, 2.05) is 28.8 Å². The summed E-state index contributed by atoms with van der Waals surface area (Å²) in [5.41, 5.74) is 1.78. The molecule has 1 N–H and O–H groups in total. The molecule has 2 aliphatic carbocycles. The molecule has 5 heteroatoms. The van der Waals surface area contributed by atoms with Crippen LogP contribution in [0.4, 0.5) is 0 Å². The minimum Gasteiger partial charge on any atom is -0.388 e. The minimum atomic E-state index is -0.144. The van der Waals surface area contributed by atoms with Crippen molar-refractivity contribution in [3.8, 4) is 0 Å². The number of hydrogen-bond donors (Lipinski definition) is 1. The van der Waals surface area contributed by atoms with Gasteiger partial charge < -0.3 is 14.6 Å². The molecule has 2 saturated carbocycles. The number of amides is 1. The van der Waals surface area contributed by atoms with E-state index in [1.54, 1.807) is 0 Å². The molecular weight excluding hydrogens is 338 g/mol. The largest absolute Gasteiger partial charge is 0.388 e. The summed E-state index contributed by atoms with van der Waals surface area (Å²) in [6.45, 7) is 0.137. The number of para-hydroxylation sites is 2. The van der Waals surface area contributed by atoms with Gasteiger partial charge in [0.15, 0.2) is 0 Å². The quantitative estimate of drug-likeness (QED) is 0.866. The second-order valence-electron chi connectivity index (χ2n) is 8.15. The standard InChI is InChI=1S/C22H31N3O2/c26-16-21-23-19-13-7-8-14-20(19)24(21)15-22(27)25(17-9-3-1-4-10-17)18-11-5-2-6-12-18/h7-8,13-14,17-18,26H,1-6,9-12,15-16H2. The van der Waals surface area contributed by atoms with Crippen LogP contribution in [-0.4, -0.2) is 37.5 Å². The number of aliphatic hydroxyl groups is 1. The summed E-state index contributed by atoms with van der Waals surface area (Å²) in [6, 6.07) is 8.62. The van der Waals surface area contributed by atoms with E-state index in [9.17, 15) is 9.90 Å². The Morgan fingerprint density at radius 1 is 1.00 bits per heavy atom. The van der Waals surface area contributed by atoms with E-state index in [-0.39, 0.29) is 19.1 Å². The highest BCUT2D eigenvalue weighted by Crippen LogP contribution is 2.31. The van der Waals surface area contributed by atoms with Crippen LogP contribution in [0.5, 0.6) is 0 Å². The fraction of sp³-hybridized carbons (Fsp3) is 0.636. The molecule has 2 aromatic rings. The first-order valence-corrected chi connectivity index (χ1v) is 10.6.